The van der Waals surface area contributed by atoms with Crippen LogP contribution in [0.5, 0.6) is 0 Å². The summed E-state index contributed by atoms with van der Waals surface area (Å²) in [6.45, 7) is 1.91. The Morgan fingerprint density at radius 3 is 2.89 bits per heavy atom. The highest BCUT2D eigenvalue weighted by Crippen LogP contribution is 2.23. The molecule has 102 valence electrons. The third kappa shape index (κ3) is 4.89. The fourth-order valence-corrected chi connectivity index (χ4v) is 1.66. The van der Waals surface area contributed by atoms with Crippen LogP contribution in [0.25, 0.3) is 0 Å². The molecule has 0 heterocycles. The van der Waals surface area contributed by atoms with Crippen molar-refractivity contribution in [2.45, 2.75) is 25.6 Å². The van der Waals surface area contributed by atoms with Crippen LogP contribution in [0.3, 0.4) is 0 Å². The Morgan fingerprint density at radius 2 is 2.26 bits per heavy atom. The largest absolute Gasteiger partial charge is 0.466 e. The molecule has 5 nitrogen and oxygen atoms in total. The van der Waals surface area contributed by atoms with Crippen molar-refractivity contribution in [3.8, 4) is 0 Å². The van der Waals surface area contributed by atoms with Crippen LogP contribution < -0.4 is 0 Å². The fourth-order valence-electron chi connectivity index (χ4n) is 1.56. The van der Waals surface area contributed by atoms with Gasteiger partial charge in [-0.1, -0.05) is 12.1 Å². The Labute approximate surface area is 116 Å². The van der Waals surface area contributed by atoms with Gasteiger partial charge in [-0.25, -0.2) is 0 Å². The molecule has 0 aliphatic rings. The van der Waals surface area contributed by atoms with Crippen molar-refractivity contribution in [3.05, 3.63) is 29.8 Å². The first-order valence-corrected chi connectivity index (χ1v) is 6.19. The van der Waals surface area contributed by atoms with Gasteiger partial charge in [0.25, 0.3) is 0 Å². The Balaban J connectivity index is 2.75. The molecule has 19 heavy (non-hydrogen) atoms. The zero-order valence-electron chi connectivity index (χ0n) is 10.4. The Hall–Kier alpha value is -1.59. The second kappa shape index (κ2) is 7.76. The molecule has 1 rings (SSSR count). The van der Waals surface area contributed by atoms with Gasteiger partial charge >= 0.3 is 5.97 Å². The molecule has 0 aromatic heterocycles. The van der Waals surface area contributed by atoms with Gasteiger partial charge in [-0.3, -0.25) is 4.79 Å². The predicted molar refractivity (Wildman–Crippen MR) is 73.3 cm³/mol. The highest BCUT2D eigenvalue weighted by atomic mass is 32.1. The Kier molecular flexibility index (Phi) is 6.32. The first kappa shape index (κ1) is 15.5. The number of hydrogen-bond donors (Lipinski definition) is 2. The van der Waals surface area contributed by atoms with E-state index in [2.05, 4.69) is 22.4 Å². The van der Waals surface area contributed by atoms with Gasteiger partial charge in [0.05, 0.1) is 30.0 Å². The van der Waals surface area contributed by atoms with E-state index in [1.54, 1.807) is 31.2 Å². The number of ether oxygens (including phenoxy) is 1. The average Bonchev–Trinajstić information content (AvgIpc) is 2.38. The van der Waals surface area contributed by atoms with Crippen molar-refractivity contribution in [1.82, 2.24) is 0 Å². The molecule has 0 radical (unpaired) electrons. The molecule has 0 fully saturated rings. The lowest BCUT2D eigenvalue weighted by atomic mass is 10.0. The third-order valence-electron chi connectivity index (χ3n) is 2.43. The predicted octanol–water partition coefficient (Wildman–Crippen LogP) is 1.77. The van der Waals surface area contributed by atoms with E-state index in [1.165, 1.54) is 0 Å². The molecule has 0 saturated heterocycles. The standard InChI is InChI=1S/C13H15NO4S/c1-2-18-12(16)7-11(15)13(17)9-4-3-5-10(6-9)14-8-19/h3-6,11,13,15,17H,2,7H2,1H3. The van der Waals surface area contributed by atoms with E-state index in [-0.39, 0.29) is 13.0 Å². The molecular formula is C13H15NO4S. The zero-order valence-corrected chi connectivity index (χ0v) is 11.3. The summed E-state index contributed by atoms with van der Waals surface area (Å²) in [4.78, 5) is 15.0. The topological polar surface area (TPSA) is 79.1 Å². The Morgan fingerprint density at radius 1 is 1.53 bits per heavy atom. The van der Waals surface area contributed by atoms with Gasteiger partial charge in [0.15, 0.2) is 0 Å². The summed E-state index contributed by atoms with van der Waals surface area (Å²) in [7, 11) is 0. The molecule has 2 N–H and O–H groups in total. The lowest BCUT2D eigenvalue weighted by Crippen LogP contribution is -2.23. The number of esters is 1. The number of carbonyl (C=O) groups is 1. The fraction of sp³-hybridized carbons (Fsp3) is 0.385. The molecular weight excluding hydrogens is 266 g/mol. The van der Waals surface area contributed by atoms with Crippen molar-refractivity contribution in [3.63, 3.8) is 0 Å². The number of isothiocyanates is 1. The summed E-state index contributed by atoms with van der Waals surface area (Å²) in [6, 6.07) is 6.55. The highest BCUT2D eigenvalue weighted by Gasteiger charge is 2.22. The summed E-state index contributed by atoms with van der Waals surface area (Å²) in [5, 5.41) is 21.9. The zero-order chi connectivity index (χ0) is 14.3. The minimum atomic E-state index is -1.23. The summed E-state index contributed by atoms with van der Waals surface area (Å²) >= 11 is 4.49. The van der Waals surface area contributed by atoms with Gasteiger partial charge in [0, 0.05) is 0 Å². The van der Waals surface area contributed by atoms with Crippen LogP contribution >= 0.6 is 12.2 Å². The maximum absolute atomic E-state index is 11.2. The lowest BCUT2D eigenvalue weighted by Gasteiger charge is -2.17. The number of carbonyl (C=O) groups excluding carboxylic acids is 1. The van der Waals surface area contributed by atoms with Gasteiger partial charge in [0.2, 0.25) is 0 Å². The van der Waals surface area contributed by atoms with E-state index in [9.17, 15) is 15.0 Å². The molecule has 0 bridgehead atoms. The molecule has 1 aromatic rings. The maximum atomic E-state index is 11.2. The second-order valence-electron chi connectivity index (χ2n) is 3.82. The van der Waals surface area contributed by atoms with E-state index in [1.807, 2.05) is 0 Å². The van der Waals surface area contributed by atoms with Gasteiger partial charge in [0.1, 0.15) is 6.10 Å². The number of nitrogens with zero attached hydrogens (tertiary/aromatic N) is 1. The minimum absolute atomic E-state index is 0.237. The molecule has 0 aliphatic carbocycles. The molecule has 6 heteroatoms. The van der Waals surface area contributed by atoms with Crippen LogP contribution in [0, 0.1) is 0 Å². The molecule has 1 aromatic carbocycles. The van der Waals surface area contributed by atoms with E-state index in [4.69, 9.17) is 4.74 Å². The SMILES string of the molecule is CCOC(=O)CC(O)C(O)c1cccc(N=C=S)c1. The van der Waals surface area contributed by atoms with Gasteiger partial charge in [-0.2, -0.15) is 4.99 Å². The molecule has 2 unspecified atom stereocenters. The summed E-state index contributed by atoms with van der Waals surface area (Å²) in [6.07, 6.45) is -2.69. The number of benzene rings is 1. The van der Waals surface area contributed by atoms with Crippen molar-refractivity contribution in [1.29, 1.82) is 0 Å². The smallest absolute Gasteiger partial charge is 0.308 e. The number of thiocarbonyl (C=S) groups is 1. The summed E-state index contributed by atoms with van der Waals surface area (Å²) in [5.41, 5.74) is 0.971. The van der Waals surface area contributed by atoms with Crippen LogP contribution in [0.2, 0.25) is 0 Å². The van der Waals surface area contributed by atoms with Crippen LogP contribution in [-0.4, -0.2) is 34.1 Å². The van der Waals surface area contributed by atoms with Gasteiger partial charge in [-0.05, 0) is 36.8 Å². The van der Waals surface area contributed by atoms with Gasteiger partial charge in [-0.15, -0.1) is 0 Å². The monoisotopic (exact) mass is 281 g/mol. The molecule has 0 aliphatic heterocycles. The minimum Gasteiger partial charge on any atom is -0.466 e. The first-order valence-electron chi connectivity index (χ1n) is 5.78. The van der Waals surface area contributed by atoms with E-state index >= 15 is 0 Å². The quantitative estimate of drug-likeness (QED) is 0.472. The molecule has 2 atom stereocenters. The molecule has 0 spiro atoms. The molecule has 0 amide bonds. The number of aliphatic hydroxyl groups is 2. The van der Waals surface area contributed by atoms with E-state index in [0.717, 1.165) is 0 Å². The van der Waals surface area contributed by atoms with Crippen LogP contribution in [0.4, 0.5) is 5.69 Å². The molecule has 0 saturated carbocycles. The highest BCUT2D eigenvalue weighted by molar-refractivity contribution is 7.78. The third-order valence-corrected chi connectivity index (χ3v) is 2.52. The van der Waals surface area contributed by atoms with Crippen molar-refractivity contribution < 1.29 is 19.7 Å². The number of rotatable bonds is 6. The van der Waals surface area contributed by atoms with Crippen LogP contribution in [-0.2, 0) is 9.53 Å². The second-order valence-corrected chi connectivity index (χ2v) is 4.00. The Bertz CT molecular complexity index is 485. The van der Waals surface area contributed by atoms with Crippen LogP contribution in [0.1, 0.15) is 25.0 Å². The van der Waals surface area contributed by atoms with Gasteiger partial charge < -0.3 is 14.9 Å². The van der Waals surface area contributed by atoms with Crippen LogP contribution in [0.15, 0.2) is 29.3 Å². The maximum Gasteiger partial charge on any atom is 0.308 e. The van der Waals surface area contributed by atoms with E-state index in [0.29, 0.717) is 11.3 Å². The summed E-state index contributed by atoms with van der Waals surface area (Å²) in [5.74, 6) is -0.554. The summed E-state index contributed by atoms with van der Waals surface area (Å²) < 4.78 is 4.71. The van der Waals surface area contributed by atoms with E-state index < -0.39 is 18.2 Å². The van der Waals surface area contributed by atoms with Crippen molar-refractivity contribution in [2.75, 3.05) is 6.61 Å². The number of aliphatic imine (C=N–C) groups is 1. The average molecular weight is 281 g/mol. The lowest BCUT2D eigenvalue weighted by molar-refractivity contribution is -0.147. The van der Waals surface area contributed by atoms with Crippen molar-refractivity contribution in [2.24, 2.45) is 4.99 Å². The van der Waals surface area contributed by atoms with Crippen molar-refractivity contribution >= 4 is 29.0 Å². The normalized spacial score (nSPS) is 13.2. The number of hydrogen-bond acceptors (Lipinski definition) is 6. The first-order chi connectivity index (χ1) is 9.08. The number of aliphatic hydroxyl groups excluding tert-OH is 2.